The summed E-state index contributed by atoms with van der Waals surface area (Å²) in [6.45, 7) is 7.09. The molecule has 6 aromatic rings. The van der Waals surface area contributed by atoms with Gasteiger partial charge in [-0.2, -0.15) is 0 Å². The lowest BCUT2D eigenvalue weighted by atomic mass is 9.74. The first-order valence-corrected chi connectivity index (χ1v) is 14.9. The number of anilines is 3. The van der Waals surface area contributed by atoms with Gasteiger partial charge in [-0.3, -0.25) is 0 Å². The molecule has 1 unspecified atom stereocenters. The maximum absolute atomic E-state index is 2.43. The fourth-order valence-electron chi connectivity index (χ4n) is 7.56. The molecule has 0 heterocycles. The minimum Gasteiger partial charge on any atom is -0.310 e. The van der Waals surface area contributed by atoms with E-state index >= 15 is 0 Å². The van der Waals surface area contributed by atoms with Crippen LogP contribution in [0.4, 0.5) is 17.1 Å². The summed E-state index contributed by atoms with van der Waals surface area (Å²) in [6, 6.07) is 53.6. The summed E-state index contributed by atoms with van der Waals surface area (Å²) in [5, 5.41) is 0. The summed E-state index contributed by atoms with van der Waals surface area (Å²) in [7, 11) is 0. The number of nitrogens with zero attached hydrogens (tertiary/aromatic N) is 1. The van der Waals surface area contributed by atoms with Crippen LogP contribution >= 0.6 is 0 Å². The molecular weight excluding hydrogens is 506 g/mol. The molecule has 1 nitrogen and oxygen atoms in total. The molecule has 2 aliphatic rings. The van der Waals surface area contributed by atoms with Crippen molar-refractivity contribution in [3.63, 3.8) is 0 Å². The smallest absolute Gasteiger partial charge is 0.0465 e. The molecule has 0 spiro atoms. The molecule has 0 bridgehead atoms. The Morgan fingerprint density at radius 2 is 0.857 bits per heavy atom. The number of para-hydroxylation sites is 1. The molecule has 0 radical (unpaired) electrons. The molecule has 202 valence electrons. The van der Waals surface area contributed by atoms with E-state index in [1.807, 2.05) is 0 Å². The van der Waals surface area contributed by atoms with Gasteiger partial charge in [0.25, 0.3) is 0 Å². The minimum atomic E-state index is -0.243. The zero-order valence-corrected chi connectivity index (χ0v) is 24.3. The molecule has 8 rings (SSSR count). The van der Waals surface area contributed by atoms with E-state index in [9.17, 15) is 0 Å². The Balaban J connectivity index is 1.34. The van der Waals surface area contributed by atoms with Gasteiger partial charge in [0.2, 0.25) is 0 Å². The average molecular weight is 540 g/mol. The van der Waals surface area contributed by atoms with Gasteiger partial charge in [0.1, 0.15) is 0 Å². The number of benzene rings is 6. The van der Waals surface area contributed by atoms with Crippen molar-refractivity contribution in [3.05, 3.63) is 173 Å². The van der Waals surface area contributed by atoms with Crippen LogP contribution in [-0.2, 0) is 10.8 Å². The minimum absolute atomic E-state index is 0.0598. The van der Waals surface area contributed by atoms with E-state index in [1.165, 1.54) is 61.4 Å². The van der Waals surface area contributed by atoms with E-state index in [2.05, 4.69) is 171 Å². The second-order valence-electron chi connectivity index (χ2n) is 12.3. The molecule has 0 saturated carbocycles. The molecule has 0 saturated heterocycles. The maximum atomic E-state index is 2.43. The Labute approximate surface area is 248 Å². The highest BCUT2D eigenvalue weighted by atomic mass is 15.1. The second-order valence-corrected chi connectivity index (χ2v) is 12.3. The van der Waals surface area contributed by atoms with Crippen molar-refractivity contribution in [2.24, 2.45) is 0 Å². The molecule has 0 aliphatic heterocycles. The van der Waals surface area contributed by atoms with Crippen LogP contribution in [0.25, 0.3) is 22.3 Å². The van der Waals surface area contributed by atoms with Crippen molar-refractivity contribution < 1.29 is 0 Å². The van der Waals surface area contributed by atoms with E-state index in [4.69, 9.17) is 0 Å². The van der Waals surface area contributed by atoms with Crippen molar-refractivity contribution >= 4 is 17.1 Å². The highest BCUT2D eigenvalue weighted by molar-refractivity contribution is 5.89. The first-order chi connectivity index (χ1) is 20.5. The largest absolute Gasteiger partial charge is 0.310 e. The summed E-state index contributed by atoms with van der Waals surface area (Å²) in [4.78, 5) is 2.42. The number of fused-ring (bicyclic) bond motifs is 6. The maximum Gasteiger partial charge on any atom is 0.0465 e. The van der Waals surface area contributed by atoms with E-state index in [0.29, 0.717) is 0 Å². The molecule has 1 heteroatoms. The molecular formula is C41H33N. The zero-order valence-electron chi connectivity index (χ0n) is 24.3. The van der Waals surface area contributed by atoms with Gasteiger partial charge < -0.3 is 4.90 Å². The van der Waals surface area contributed by atoms with Crippen LogP contribution in [0.2, 0.25) is 0 Å². The van der Waals surface area contributed by atoms with Gasteiger partial charge >= 0.3 is 0 Å². The molecule has 1 atom stereocenters. The predicted octanol–water partition coefficient (Wildman–Crippen LogP) is 10.8. The Morgan fingerprint density at radius 3 is 1.52 bits per heavy atom. The SMILES string of the molecule is CC1(C)c2ccccc2-c2ccc(N(c3ccccc3)c3ccc4c(c3)C(C)(c3ccccc3)c3ccccc3-4)cc21. The Hall–Kier alpha value is -4.88. The molecule has 42 heavy (non-hydrogen) atoms. The molecule has 0 aromatic heterocycles. The lowest BCUT2D eigenvalue weighted by molar-refractivity contribution is 0.660. The van der Waals surface area contributed by atoms with Gasteiger partial charge in [-0.25, -0.2) is 0 Å². The van der Waals surface area contributed by atoms with Gasteiger partial charge in [-0.05, 0) is 93.4 Å². The van der Waals surface area contributed by atoms with Crippen molar-refractivity contribution in [2.45, 2.75) is 31.6 Å². The van der Waals surface area contributed by atoms with Gasteiger partial charge in [0.15, 0.2) is 0 Å². The number of hydrogen-bond donors (Lipinski definition) is 0. The summed E-state index contributed by atoms with van der Waals surface area (Å²) in [5.74, 6) is 0. The lowest BCUT2D eigenvalue weighted by Crippen LogP contribution is -2.23. The summed E-state index contributed by atoms with van der Waals surface area (Å²) >= 11 is 0. The molecule has 0 fully saturated rings. The Bertz CT molecular complexity index is 1970. The Morgan fingerprint density at radius 1 is 0.381 bits per heavy atom. The monoisotopic (exact) mass is 539 g/mol. The third kappa shape index (κ3) is 3.43. The van der Waals surface area contributed by atoms with E-state index in [1.54, 1.807) is 0 Å². The first kappa shape index (κ1) is 24.9. The van der Waals surface area contributed by atoms with Crippen LogP contribution in [0.5, 0.6) is 0 Å². The number of hydrogen-bond acceptors (Lipinski definition) is 1. The van der Waals surface area contributed by atoms with Crippen molar-refractivity contribution in [1.29, 1.82) is 0 Å². The molecule has 0 N–H and O–H groups in total. The normalized spacial score (nSPS) is 17.2. The lowest BCUT2D eigenvalue weighted by Gasteiger charge is -2.31. The van der Waals surface area contributed by atoms with Crippen molar-refractivity contribution in [2.75, 3.05) is 4.90 Å². The average Bonchev–Trinajstić information content (AvgIpc) is 3.43. The van der Waals surface area contributed by atoms with Crippen LogP contribution < -0.4 is 4.90 Å². The predicted molar refractivity (Wildman–Crippen MR) is 176 cm³/mol. The quantitative estimate of drug-likeness (QED) is 0.215. The van der Waals surface area contributed by atoms with Crippen LogP contribution in [0, 0.1) is 0 Å². The van der Waals surface area contributed by atoms with E-state index < -0.39 is 0 Å². The first-order valence-electron chi connectivity index (χ1n) is 14.9. The highest BCUT2D eigenvalue weighted by Crippen LogP contribution is 2.54. The number of rotatable bonds is 4. The van der Waals surface area contributed by atoms with Crippen LogP contribution in [0.3, 0.4) is 0 Å². The fourth-order valence-corrected chi connectivity index (χ4v) is 7.56. The third-order valence-corrected chi connectivity index (χ3v) is 9.75. The van der Waals surface area contributed by atoms with Crippen LogP contribution in [0.1, 0.15) is 48.6 Å². The van der Waals surface area contributed by atoms with Crippen molar-refractivity contribution in [1.82, 2.24) is 0 Å². The fraction of sp³-hybridized carbons (Fsp3) is 0.122. The highest BCUT2D eigenvalue weighted by Gasteiger charge is 2.41. The third-order valence-electron chi connectivity index (χ3n) is 9.75. The molecule has 6 aromatic carbocycles. The molecule has 0 amide bonds. The van der Waals surface area contributed by atoms with Gasteiger partial charge in [0.05, 0.1) is 0 Å². The Kier molecular flexibility index (Phi) is 5.37. The van der Waals surface area contributed by atoms with Crippen LogP contribution in [0.15, 0.2) is 146 Å². The van der Waals surface area contributed by atoms with Gasteiger partial charge in [-0.1, -0.05) is 123 Å². The standard InChI is InChI=1S/C41H33N/c1-40(2)36-20-12-10-18-32(36)34-24-22-30(26-38(34)40)42(29-16-8-5-9-17-29)31-23-25-35-33-19-11-13-21-37(33)41(3,39(35)27-31)28-14-6-4-7-15-28/h4-27H,1-3H3. The van der Waals surface area contributed by atoms with Crippen LogP contribution in [-0.4, -0.2) is 0 Å². The van der Waals surface area contributed by atoms with Gasteiger partial charge in [0, 0.05) is 27.9 Å². The van der Waals surface area contributed by atoms with E-state index in [-0.39, 0.29) is 10.8 Å². The zero-order chi connectivity index (χ0) is 28.5. The van der Waals surface area contributed by atoms with E-state index in [0.717, 1.165) is 5.69 Å². The van der Waals surface area contributed by atoms with Gasteiger partial charge in [-0.15, -0.1) is 0 Å². The van der Waals surface area contributed by atoms with Crippen molar-refractivity contribution in [3.8, 4) is 22.3 Å². The summed E-state index contributed by atoms with van der Waals surface area (Å²) in [6.07, 6.45) is 0. The second kappa shape index (κ2) is 9.06. The summed E-state index contributed by atoms with van der Waals surface area (Å²) < 4.78 is 0. The topological polar surface area (TPSA) is 3.24 Å². The molecule has 2 aliphatic carbocycles. The summed E-state index contributed by atoms with van der Waals surface area (Å²) in [5.41, 5.74) is 15.4.